The third-order valence-electron chi connectivity index (χ3n) is 1.84. The number of hydrogen-bond donors (Lipinski definition) is 0. The standard InChI is InChI=1S/C12H11N2.ClHO4/c1-3-7-12(8-4-1)11-13-14-9-5-2-6-10-14;2-1(3,4)5/h1-11H;(H,2,3,4,5)/q+1;/p-1/b13-11+;. The van der Waals surface area contributed by atoms with Crippen LogP contribution in [0.2, 0.25) is 0 Å². The number of nitrogens with zero attached hydrogens (tertiary/aromatic N) is 2. The van der Waals surface area contributed by atoms with E-state index < -0.39 is 10.2 Å². The van der Waals surface area contributed by atoms with Crippen LogP contribution < -0.4 is 23.3 Å². The van der Waals surface area contributed by atoms with Crippen LogP contribution in [0.15, 0.2) is 66.0 Å². The summed E-state index contributed by atoms with van der Waals surface area (Å²) < 4.78 is 35.7. The van der Waals surface area contributed by atoms with Crippen LogP contribution in [0.4, 0.5) is 0 Å². The fourth-order valence-electron chi connectivity index (χ4n) is 1.14. The van der Waals surface area contributed by atoms with E-state index in [1.165, 1.54) is 0 Å². The van der Waals surface area contributed by atoms with Gasteiger partial charge in [-0.25, -0.2) is 18.6 Å². The zero-order valence-electron chi connectivity index (χ0n) is 9.76. The van der Waals surface area contributed by atoms with Crippen LogP contribution in [-0.4, -0.2) is 6.21 Å². The molecule has 0 amide bonds. The minimum atomic E-state index is -4.94. The summed E-state index contributed by atoms with van der Waals surface area (Å²) >= 11 is 0. The zero-order valence-corrected chi connectivity index (χ0v) is 10.5. The number of pyridine rings is 1. The van der Waals surface area contributed by atoms with E-state index in [0.717, 1.165) is 5.56 Å². The molecule has 0 atom stereocenters. The molecule has 0 fully saturated rings. The monoisotopic (exact) mass is 282 g/mol. The van der Waals surface area contributed by atoms with Crippen LogP contribution in [0.25, 0.3) is 0 Å². The highest BCUT2D eigenvalue weighted by Gasteiger charge is 1.91. The van der Waals surface area contributed by atoms with Gasteiger partial charge in [0.25, 0.3) is 0 Å². The van der Waals surface area contributed by atoms with E-state index in [0.29, 0.717) is 0 Å². The third kappa shape index (κ3) is 8.83. The second-order valence-corrected chi connectivity index (χ2v) is 4.04. The average molecular weight is 283 g/mol. The zero-order chi connectivity index (χ0) is 14.1. The Morgan fingerprint density at radius 3 is 1.84 bits per heavy atom. The molecule has 0 spiro atoms. The second kappa shape index (κ2) is 7.57. The molecule has 0 aliphatic heterocycles. The van der Waals surface area contributed by atoms with Gasteiger partial charge in [-0.3, -0.25) is 0 Å². The Kier molecular flexibility index (Phi) is 6.07. The predicted octanol–water partition coefficient (Wildman–Crippen LogP) is -2.90. The van der Waals surface area contributed by atoms with Crippen LogP contribution in [0.5, 0.6) is 0 Å². The van der Waals surface area contributed by atoms with Gasteiger partial charge in [-0.15, -0.1) is 10.2 Å². The van der Waals surface area contributed by atoms with E-state index in [-0.39, 0.29) is 0 Å². The van der Waals surface area contributed by atoms with Gasteiger partial charge in [0.2, 0.25) is 12.4 Å². The normalized spacial score (nSPS) is 10.9. The number of benzene rings is 1. The molecule has 0 unspecified atom stereocenters. The lowest BCUT2D eigenvalue weighted by molar-refractivity contribution is -2.00. The number of hydrogen-bond acceptors (Lipinski definition) is 5. The first-order chi connectivity index (χ1) is 8.95. The molecular formula is C12H11ClN2O4. The lowest BCUT2D eigenvalue weighted by Gasteiger charge is -2.17. The van der Waals surface area contributed by atoms with Crippen molar-refractivity contribution in [2.45, 2.75) is 0 Å². The van der Waals surface area contributed by atoms with Crippen LogP contribution in [-0.2, 0) is 0 Å². The fraction of sp³-hybridized carbons (Fsp3) is 0. The van der Waals surface area contributed by atoms with Gasteiger partial charge < -0.3 is 0 Å². The van der Waals surface area contributed by atoms with Crippen LogP contribution in [0.1, 0.15) is 5.56 Å². The first-order valence-electron chi connectivity index (χ1n) is 5.12. The molecule has 100 valence electrons. The molecule has 1 aromatic carbocycles. The summed E-state index contributed by atoms with van der Waals surface area (Å²) in [7, 11) is -4.94. The molecule has 7 heteroatoms. The maximum atomic E-state index is 8.49. The molecule has 0 N–H and O–H groups in total. The highest BCUT2D eigenvalue weighted by molar-refractivity contribution is 5.78. The third-order valence-corrected chi connectivity index (χ3v) is 1.84. The van der Waals surface area contributed by atoms with Crippen LogP contribution in [0, 0.1) is 10.2 Å². The van der Waals surface area contributed by atoms with Crippen molar-refractivity contribution in [3.05, 3.63) is 66.5 Å². The van der Waals surface area contributed by atoms with E-state index in [1.54, 1.807) is 4.68 Å². The molecule has 0 aliphatic rings. The Morgan fingerprint density at radius 2 is 1.32 bits per heavy atom. The Hall–Kier alpha value is -1.83. The number of aromatic nitrogens is 1. The van der Waals surface area contributed by atoms with Gasteiger partial charge in [0, 0.05) is 12.1 Å². The van der Waals surface area contributed by atoms with Crippen molar-refractivity contribution in [2.24, 2.45) is 5.10 Å². The second-order valence-electron chi connectivity index (χ2n) is 3.29. The number of rotatable bonds is 2. The van der Waals surface area contributed by atoms with Gasteiger partial charge in [-0.2, -0.15) is 0 Å². The first kappa shape index (κ1) is 15.2. The topological polar surface area (TPSA) is 108 Å². The summed E-state index contributed by atoms with van der Waals surface area (Å²) in [6.07, 6.45) is 5.64. The van der Waals surface area contributed by atoms with Gasteiger partial charge in [-0.1, -0.05) is 41.1 Å². The summed E-state index contributed by atoms with van der Waals surface area (Å²) in [5.41, 5.74) is 1.10. The molecule has 0 bridgehead atoms. The van der Waals surface area contributed by atoms with Crippen molar-refractivity contribution >= 4 is 6.21 Å². The van der Waals surface area contributed by atoms with E-state index in [1.807, 2.05) is 67.1 Å². The lowest BCUT2D eigenvalue weighted by atomic mass is 10.2. The van der Waals surface area contributed by atoms with Crippen molar-refractivity contribution in [1.82, 2.24) is 0 Å². The fourth-order valence-corrected chi connectivity index (χ4v) is 1.14. The van der Waals surface area contributed by atoms with E-state index in [4.69, 9.17) is 18.6 Å². The van der Waals surface area contributed by atoms with Gasteiger partial charge in [-0.05, 0) is 10.7 Å². The van der Waals surface area contributed by atoms with Gasteiger partial charge in [0.15, 0.2) is 0 Å². The molecule has 1 aromatic heterocycles. The summed E-state index contributed by atoms with van der Waals surface area (Å²) in [6.45, 7) is 0. The quantitative estimate of drug-likeness (QED) is 0.435. The van der Waals surface area contributed by atoms with E-state index in [2.05, 4.69) is 5.10 Å². The molecule has 1 heterocycles. The summed E-state index contributed by atoms with van der Waals surface area (Å²) in [4.78, 5) is 0. The Balaban J connectivity index is 0.000000312. The van der Waals surface area contributed by atoms with Crippen molar-refractivity contribution in [2.75, 3.05) is 0 Å². The van der Waals surface area contributed by atoms with Crippen molar-refractivity contribution in [3.8, 4) is 0 Å². The molecule has 0 aliphatic carbocycles. The largest absolute Gasteiger partial charge is 0.222 e. The summed E-state index contributed by atoms with van der Waals surface area (Å²) in [6, 6.07) is 15.9. The summed E-state index contributed by atoms with van der Waals surface area (Å²) in [5, 5.41) is 4.27. The molecule has 6 nitrogen and oxygen atoms in total. The van der Waals surface area contributed by atoms with Crippen LogP contribution in [0.3, 0.4) is 0 Å². The molecule has 0 saturated carbocycles. The Bertz CT molecular complexity index is 453. The Labute approximate surface area is 112 Å². The van der Waals surface area contributed by atoms with E-state index >= 15 is 0 Å². The van der Waals surface area contributed by atoms with Gasteiger partial charge in [0.1, 0.15) is 6.21 Å². The van der Waals surface area contributed by atoms with Gasteiger partial charge in [0.05, 0.1) is 0 Å². The van der Waals surface area contributed by atoms with Crippen LogP contribution >= 0.6 is 0 Å². The van der Waals surface area contributed by atoms with Crippen molar-refractivity contribution < 1.29 is 33.6 Å². The van der Waals surface area contributed by atoms with Crippen molar-refractivity contribution in [1.29, 1.82) is 0 Å². The number of halogens is 1. The minimum Gasteiger partial charge on any atom is -0.222 e. The first-order valence-corrected chi connectivity index (χ1v) is 6.36. The Morgan fingerprint density at radius 1 is 0.842 bits per heavy atom. The van der Waals surface area contributed by atoms with Crippen molar-refractivity contribution in [3.63, 3.8) is 0 Å². The maximum absolute atomic E-state index is 8.49. The predicted molar refractivity (Wildman–Crippen MR) is 56.1 cm³/mol. The molecule has 0 saturated heterocycles. The molecular weight excluding hydrogens is 272 g/mol. The van der Waals surface area contributed by atoms with Gasteiger partial charge >= 0.3 is 0 Å². The SMILES string of the molecule is C(=N\[n+]1ccccc1)/c1ccccc1.[O-][Cl+3]([O-])([O-])[O-]. The highest BCUT2D eigenvalue weighted by atomic mass is 35.7. The maximum Gasteiger partial charge on any atom is 0.202 e. The summed E-state index contributed by atoms with van der Waals surface area (Å²) in [5.74, 6) is 0. The molecule has 2 rings (SSSR count). The lowest BCUT2D eigenvalue weighted by Crippen LogP contribution is -2.68. The molecule has 0 radical (unpaired) electrons. The smallest absolute Gasteiger partial charge is 0.202 e. The highest BCUT2D eigenvalue weighted by Crippen LogP contribution is 1.92. The minimum absolute atomic E-state index is 1.10. The molecule has 2 aromatic rings. The average Bonchev–Trinajstić information content (AvgIpc) is 2.37. The van der Waals surface area contributed by atoms with E-state index in [9.17, 15) is 0 Å². The molecule has 19 heavy (non-hydrogen) atoms.